The second-order valence-electron chi connectivity index (χ2n) is 9.06. The van der Waals surface area contributed by atoms with E-state index in [0.29, 0.717) is 9.79 Å². The first-order chi connectivity index (χ1) is 17.0. The predicted octanol–water partition coefficient (Wildman–Crippen LogP) is 8.81. The van der Waals surface area contributed by atoms with Crippen LogP contribution in [-0.4, -0.2) is 8.42 Å². The highest BCUT2D eigenvalue weighted by molar-refractivity contribution is 7.91. The Bertz CT molecular complexity index is 1230. The average Bonchev–Trinajstić information content (AvgIpc) is 2.83. The first kappa shape index (κ1) is 28.6. The molecular weight excluding hydrogens is 464 g/mol. The molecule has 0 aliphatic heterocycles. The smallest absolute Gasteiger partial charge is 0.206 e. The molecule has 0 radical (unpaired) electrons. The predicted molar refractivity (Wildman–Crippen MR) is 151 cm³/mol. The lowest BCUT2D eigenvalue weighted by atomic mass is 10.2. The maximum atomic E-state index is 12.3. The second kappa shape index (κ2) is 13.5. The lowest BCUT2D eigenvalue weighted by Gasteiger charge is -2.05. The summed E-state index contributed by atoms with van der Waals surface area (Å²) in [6, 6.07) is 29.9. The molecule has 4 rings (SSSR count). The Kier molecular flexibility index (Phi) is 10.7. The molecule has 0 aromatic heterocycles. The van der Waals surface area contributed by atoms with Crippen molar-refractivity contribution in [3.63, 3.8) is 0 Å². The van der Waals surface area contributed by atoms with Crippen LogP contribution >= 0.6 is 0 Å². The van der Waals surface area contributed by atoms with Crippen LogP contribution in [0.3, 0.4) is 0 Å². The summed E-state index contributed by atoms with van der Waals surface area (Å²) in [5, 5.41) is 0. The summed E-state index contributed by atoms with van der Waals surface area (Å²) in [4.78, 5) is 0.680. The highest BCUT2D eigenvalue weighted by Crippen LogP contribution is 2.22. The summed E-state index contributed by atoms with van der Waals surface area (Å²) in [7, 11) is -3.37. The first-order valence-corrected chi connectivity index (χ1v) is 13.3. The maximum Gasteiger partial charge on any atom is 0.206 e. The zero-order valence-electron chi connectivity index (χ0n) is 22.1. The summed E-state index contributed by atoms with van der Waals surface area (Å²) in [5.41, 5.74) is 5.75. The summed E-state index contributed by atoms with van der Waals surface area (Å²) in [6.07, 6.45) is 0. The quantitative estimate of drug-likeness (QED) is 0.263. The van der Waals surface area contributed by atoms with Crippen LogP contribution in [0.25, 0.3) is 0 Å². The fourth-order valence-corrected chi connectivity index (χ4v) is 4.18. The van der Waals surface area contributed by atoms with Crippen molar-refractivity contribution < 1.29 is 13.2 Å². The van der Waals surface area contributed by atoms with Gasteiger partial charge in [-0.1, -0.05) is 76.4 Å². The molecule has 0 fully saturated rings. The van der Waals surface area contributed by atoms with Gasteiger partial charge in [-0.15, -0.1) is 6.58 Å². The van der Waals surface area contributed by atoms with Crippen molar-refractivity contribution in [2.75, 3.05) is 0 Å². The van der Waals surface area contributed by atoms with Crippen molar-refractivity contribution in [3.05, 3.63) is 131 Å². The number of aryl methyl sites for hydroxylation is 4. The third-order valence-electron chi connectivity index (χ3n) is 4.94. The highest BCUT2D eigenvalue weighted by atomic mass is 32.2. The minimum atomic E-state index is -3.37. The minimum Gasteiger partial charge on any atom is -0.457 e. The Hall–Kier alpha value is -3.63. The normalized spacial score (nSPS) is 10.3. The molecule has 3 nitrogen and oxygen atoms in total. The van der Waals surface area contributed by atoms with Gasteiger partial charge in [-0.05, 0) is 90.1 Å². The molecule has 0 bridgehead atoms. The van der Waals surface area contributed by atoms with Gasteiger partial charge in [0.25, 0.3) is 0 Å². The van der Waals surface area contributed by atoms with Gasteiger partial charge in [-0.3, -0.25) is 0 Å². The average molecular weight is 501 g/mol. The number of allylic oxidation sites excluding steroid dienone is 1. The molecule has 0 saturated carbocycles. The molecule has 0 N–H and O–H groups in total. The molecule has 4 heteroatoms. The van der Waals surface area contributed by atoms with E-state index in [1.807, 2.05) is 76.2 Å². The Morgan fingerprint density at radius 3 is 1.00 bits per heavy atom. The maximum absolute atomic E-state index is 12.3. The van der Waals surface area contributed by atoms with Gasteiger partial charge in [0, 0.05) is 0 Å². The van der Waals surface area contributed by atoms with E-state index in [2.05, 4.69) is 20.4 Å². The third kappa shape index (κ3) is 9.55. The summed E-state index contributed by atoms with van der Waals surface area (Å²) >= 11 is 0. The van der Waals surface area contributed by atoms with Gasteiger partial charge in [0.15, 0.2) is 0 Å². The van der Waals surface area contributed by atoms with Crippen molar-refractivity contribution >= 4 is 9.84 Å². The van der Waals surface area contributed by atoms with E-state index in [9.17, 15) is 8.42 Å². The monoisotopic (exact) mass is 500 g/mol. The van der Waals surface area contributed by atoms with Crippen LogP contribution in [0.2, 0.25) is 0 Å². The lowest BCUT2D eigenvalue weighted by Crippen LogP contribution is -2.01. The van der Waals surface area contributed by atoms with Gasteiger partial charge in [-0.2, -0.15) is 0 Å². The van der Waals surface area contributed by atoms with E-state index in [-0.39, 0.29) is 0 Å². The van der Waals surface area contributed by atoms with Crippen molar-refractivity contribution in [2.45, 2.75) is 51.3 Å². The van der Waals surface area contributed by atoms with E-state index < -0.39 is 9.84 Å². The summed E-state index contributed by atoms with van der Waals surface area (Å²) in [6.45, 7) is 15.5. The number of benzene rings is 4. The molecule has 0 amide bonds. The lowest BCUT2D eigenvalue weighted by molar-refractivity contribution is 0.482. The van der Waals surface area contributed by atoms with E-state index in [4.69, 9.17) is 4.74 Å². The fraction of sp³-hybridized carbons (Fsp3) is 0.188. The van der Waals surface area contributed by atoms with Gasteiger partial charge in [0.05, 0.1) is 9.79 Å². The molecule has 0 saturated heterocycles. The second-order valence-corrected chi connectivity index (χ2v) is 11.0. The molecule has 4 aromatic rings. The van der Waals surface area contributed by atoms with E-state index >= 15 is 0 Å². The molecule has 0 aliphatic rings. The number of hydrogen-bond donors (Lipinski definition) is 0. The van der Waals surface area contributed by atoms with Crippen LogP contribution in [0, 0.1) is 27.7 Å². The van der Waals surface area contributed by atoms with Crippen LogP contribution in [0.5, 0.6) is 11.5 Å². The highest BCUT2D eigenvalue weighted by Gasteiger charge is 2.16. The van der Waals surface area contributed by atoms with Gasteiger partial charge in [0.1, 0.15) is 11.5 Å². The van der Waals surface area contributed by atoms with Crippen LogP contribution < -0.4 is 4.74 Å². The van der Waals surface area contributed by atoms with Gasteiger partial charge < -0.3 is 4.74 Å². The summed E-state index contributed by atoms with van der Waals surface area (Å²) in [5.74, 6) is 1.76. The van der Waals surface area contributed by atoms with Gasteiger partial charge >= 0.3 is 0 Å². The number of rotatable bonds is 4. The molecule has 4 aromatic carbocycles. The molecule has 0 spiro atoms. The van der Waals surface area contributed by atoms with Gasteiger partial charge in [-0.25, -0.2) is 8.42 Å². The summed E-state index contributed by atoms with van der Waals surface area (Å²) < 4.78 is 30.2. The van der Waals surface area contributed by atoms with Crippen molar-refractivity contribution in [3.8, 4) is 11.5 Å². The van der Waals surface area contributed by atoms with Gasteiger partial charge in [0.2, 0.25) is 9.84 Å². The largest absolute Gasteiger partial charge is 0.457 e. The topological polar surface area (TPSA) is 43.4 Å². The van der Waals surface area contributed by atoms with E-state index in [0.717, 1.165) is 22.6 Å². The minimum absolute atomic E-state index is 0.340. The zero-order valence-corrected chi connectivity index (χ0v) is 22.9. The van der Waals surface area contributed by atoms with Crippen LogP contribution in [-0.2, 0) is 9.84 Å². The van der Waals surface area contributed by atoms with Crippen LogP contribution in [0.4, 0.5) is 0 Å². The molecule has 0 atom stereocenters. The first-order valence-electron chi connectivity index (χ1n) is 11.8. The molecule has 0 aliphatic carbocycles. The van der Waals surface area contributed by atoms with Crippen molar-refractivity contribution in [1.82, 2.24) is 0 Å². The molecule has 36 heavy (non-hydrogen) atoms. The Morgan fingerprint density at radius 1 is 0.528 bits per heavy atom. The number of sulfone groups is 1. The third-order valence-corrected chi connectivity index (χ3v) is 6.73. The SMILES string of the molecule is C=C(C)C.Cc1ccc(Oc2ccc(C)cc2)cc1.Cc1ccc(S(=O)(=O)c2ccc(C)cc2)cc1. The number of ether oxygens (including phenoxy) is 1. The Morgan fingerprint density at radius 2 is 0.750 bits per heavy atom. The standard InChI is InChI=1S/C14H14O2S.C14H14O.C4H8/c1-11-3-7-13(8-4-11)17(15,16)14-9-5-12(2)6-10-14;1-11-3-7-13(8-4-11)15-14-9-5-12(2)6-10-14;1-4(2)3/h3-10H,1-2H3;3-10H,1-2H3;1H2,2-3H3. The van der Waals surface area contributed by atoms with Crippen LogP contribution in [0.15, 0.2) is 119 Å². The number of hydrogen-bond acceptors (Lipinski definition) is 3. The fourth-order valence-electron chi connectivity index (χ4n) is 2.92. The van der Waals surface area contributed by atoms with Crippen molar-refractivity contribution in [2.24, 2.45) is 0 Å². The Labute approximate surface area is 217 Å². The van der Waals surface area contributed by atoms with Crippen LogP contribution in [0.1, 0.15) is 36.1 Å². The van der Waals surface area contributed by atoms with Crippen molar-refractivity contribution in [1.29, 1.82) is 0 Å². The van der Waals surface area contributed by atoms with E-state index in [1.165, 1.54) is 16.7 Å². The van der Waals surface area contributed by atoms with E-state index in [1.54, 1.807) is 48.5 Å². The molecule has 0 unspecified atom stereocenters. The molecular formula is C32H36O3S. The Balaban J connectivity index is 0.000000222. The zero-order chi connectivity index (χ0) is 26.7. The molecule has 188 valence electrons. The molecule has 0 heterocycles.